The van der Waals surface area contributed by atoms with Crippen molar-refractivity contribution in [3.05, 3.63) is 0 Å². The smallest absolute Gasteiger partial charge is 0.153 e. The summed E-state index contributed by atoms with van der Waals surface area (Å²) >= 11 is 0. The molecule has 0 aliphatic heterocycles. The van der Waals surface area contributed by atoms with Gasteiger partial charge >= 0.3 is 0 Å². The van der Waals surface area contributed by atoms with Crippen LogP contribution in [0.4, 0.5) is 8.78 Å². The fourth-order valence-corrected chi connectivity index (χ4v) is 0.243. The van der Waals surface area contributed by atoms with Crippen molar-refractivity contribution < 1.29 is 8.78 Å². The maximum absolute atomic E-state index is 12.8. The van der Waals surface area contributed by atoms with Crippen LogP contribution in [0.2, 0.25) is 0 Å². The van der Waals surface area contributed by atoms with E-state index in [0.717, 1.165) is 6.92 Å². The third kappa shape index (κ3) is 1.90. The molecule has 0 aromatic carbocycles. The molecule has 9 heavy (non-hydrogen) atoms. The van der Waals surface area contributed by atoms with E-state index in [-0.39, 0.29) is 6.54 Å². The monoisotopic (exact) mass is 137 g/mol. The molecule has 0 aromatic heterocycles. The average Bonchev–Trinajstić information content (AvgIpc) is 1.64. The second-order valence-corrected chi connectivity index (χ2v) is 2.87. The van der Waals surface area contributed by atoms with Crippen LogP contribution in [0.1, 0.15) is 20.8 Å². The van der Waals surface area contributed by atoms with Gasteiger partial charge in [-0.25, -0.2) is 8.78 Å². The minimum atomic E-state index is -1.91. The molecule has 2 N–H and O–H groups in total. The van der Waals surface area contributed by atoms with Gasteiger partial charge < -0.3 is 5.73 Å². The number of halogens is 2. The molecular formula is C6H13F2N. The molecule has 0 aromatic rings. The number of hydrogen-bond acceptors (Lipinski definition) is 1. The summed E-state index contributed by atoms with van der Waals surface area (Å²) in [6.07, 6.45) is 0. The summed E-state index contributed by atoms with van der Waals surface area (Å²) in [5, 5.41) is 0. The predicted octanol–water partition coefficient (Wildman–Crippen LogP) is 1.42. The first kappa shape index (κ1) is 8.82. The van der Waals surface area contributed by atoms with Crippen LogP contribution in [0, 0.1) is 0 Å². The lowest BCUT2D eigenvalue weighted by molar-refractivity contribution is 0.00693. The molecule has 0 saturated carbocycles. The van der Waals surface area contributed by atoms with E-state index in [1.807, 2.05) is 0 Å². The van der Waals surface area contributed by atoms with Crippen LogP contribution < -0.4 is 5.73 Å². The van der Waals surface area contributed by atoms with Crippen molar-refractivity contribution in [2.45, 2.75) is 32.1 Å². The highest BCUT2D eigenvalue weighted by atomic mass is 19.2. The Hall–Kier alpha value is -0.180. The number of alkyl halides is 2. The Balaban J connectivity index is 4.14. The minimum Gasteiger partial charge on any atom is -0.327 e. The lowest BCUT2D eigenvalue weighted by atomic mass is 9.92. The van der Waals surface area contributed by atoms with Gasteiger partial charge in [0.15, 0.2) is 5.67 Å². The molecule has 0 rings (SSSR count). The Morgan fingerprint density at radius 2 is 1.56 bits per heavy atom. The van der Waals surface area contributed by atoms with Crippen molar-refractivity contribution in [2.75, 3.05) is 6.54 Å². The predicted molar refractivity (Wildman–Crippen MR) is 33.8 cm³/mol. The Bertz CT molecular complexity index is 93.7. The largest absolute Gasteiger partial charge is 0.327 e. The van der Waals surface area contributed by atoms with Crippen molar-refractivity contribution >= 4 is 0 Å². The molecule has 0 saturated heterocycles. The van der Waals surface area contributed by atoms with E-state index in [0.29, 0.717) is 0 Å². The van der Waals surface area contributed by atoms with Gasteiger partial charge in [-0.1, -0.05) is 0 Å². The van der Waals surface area contributed by atoms with Gasteiger partial charge in [0.2, 0.25) is 0 Å². The quantitative estimate of drug-likeness (QED) is 0.612. The summed E-state index contributed by atoms with van der Waals surface area (Å²) < 4.78 is 25.5. The van der Waals surface area contributed by atoms with Crippen LogP contribution in [0.3, 0.4) is 0 Å². The number of hydrogen-bond donors (Lipinski definition) is 1. The Morgan fingerprint density at radius 3 is 1.56 bits per heavy atom. The zero-order valence-corrected chi connectivity index (χ0v) is 6.04. The zero-order valence-electron chi connectivity index (χ0n) is 6.04. The van der Waals surface area contributed by atoms with Crippen LogP contribution in [0.15, 0.2) is 0 Å². The first-order valence-electron chi connectivity index (χ1n) is 2.89. The van der Waals surface area contributed by atoms with Gasteiger partial charge in [0.1, 0.15) is 5.67 Å². The normalized spacial score (nSPS) is 19.3. The van der Waals surface area contributed by atoms with E-state index in [2.05, 4.69) is 0 Å². The van der Waals surface area contributed by atoms with Gasteiger partial charge in [0, 0.05) is 6.54 Å². The third-order valence-electron chi connectivity index (χ3n) is 1.62. The summed E-state index contributed by atoms with van der Waals surface area (Å²) in [7, 11) is 0. The van der Waals surface area contributed by atoms with Crippen LogP contribution >= 0.6 is 0 Å². The summed E-state index contributed by atoms with van der Waals surface area (Å²) in [5.41, 5.74) is 1.22. The first-order chi connectivity index (χ1) is 3.81. The molecule has 1 unspecified atom stereocenters. The van der Waals surface area contributed by atoms with Crippen LogP contribution in [0.5, 0.6) is 0 Å². The number of nitrogens with two attached hydrogens (primary N) is 1. The Morgan fingerprint density at radius 1 is 1.22 bits per heavy atom. The van der Waals surface area contributed by atoms with Crippen LogP contribution in [-0.4, -0.2) is 17.9 Å². The van der Waals surface area contributed by atoms with Gasteiger partial charge in [0.05, 0.1) is 0 Å². The van der Waals surface area contributed by atoms with Crippen molar-refractivity contribution in [3.8, 4) is 0 Å². The molecule has 1 atom stereocenters. The van der Waals surface area contributed by atoms with E-state index < -0.39 is 11.3 Å². The number of rotatable bonds is 2. The lowest BCUT2D eigenvalue weighted by Crippen LogP contribution is -2.46. The van der Waals surface area contributed by atoms with Crippen LogP contribution in [-0.2, 0) is 0 Å². The molecule has 0 bridgehead atoms. The van der Waals surface area contributed by atoms with Crippen LogP contribution in [0.25, 0.3) is 0 Å². The van der Waals surface area contributed by atoms with Gasteiger partial charge in [-0.3, -0.25) is 0 Å². The summed E-state index contributed by atoms with van der Waals surface area (Å²) in [5.74, 6) is 0. The molecule has 3 heteroatoms. The molecule has 0 radical (unpaired) electrons. The summed E-state index contributed by atoms with van der Waals surface area (Å²) in [6, 6.07) is 0. The van der Waals surface area contributed by atoms with Crippen molar-refractivity contribution in [3.63, 3.8) is 0 Å². The highest BCUT2D eigenvalue weighted by molar-refractivity contribution is 4.91. The van der Waals surface area contributed by atoms with Gasteiger partial charge in [0.25, 0.3) is 0 Å². The summed E-state index contributed by atoms with van der Waals surface area (Å²) in [6.45, 7) is 3.24. The fraction of sp³-hybridized carbons (Fsp3) is 1.00. The zero-order chi connectivity index (χ0) is 7.71. The average molecular weight is 137 g/mol. The fourth-order valence-electron chi connectivity index (χ4n) is 0.243. The van der Waals surface area contributed by atoms with E-state index in [9.17, 15) is 8.78 Å². The SMILES string of the molecule is CC(C)(F)C(C)(F)CN. The molecule has 1 nitrogen and oxygen atoms in total. The minimum absolute atomic E-state index is 0.281. The van der Waals surface area contributed by atoms with Crippen molar-refractivity contribution in [1.29, 1.82) is 0 Å². The second kappa shape index (κ2) is 2.21. The summed E-state index contributed by atoms with van der Waals surface area (Å²) in [4.78, 5) is 0. The second-order valence-electron chi connectivity index (χ2n) is 2.87. The van der Waals surface area contributed by atoms with E-state index in [4.69, 9.17) is 5.73 Å². The maximum Gasteiger partial charge on any atom is 0.153 e. The topological polar surface area (TPSA) is 26.0 Å². The first-order valence-corrected chi connectivity index (χ1v) is 2.89. The standard InChI is InChI=1S/C6H13F2N/c1-5(2,7)6(3,8)4-9/h4,9H2,1-3H3. The molecule has 0 heterocycles. The molecule has 0 aliphatic rings. The molecule has 56 valence electrons. The Kier molecular flexibility index (Phi) is 2.17. The Labute approximate surface area is 54.2 Å². The molecule has 0 fully saturated rings. The van der Waals surface area contributed by atoms with E-state index in [1.54, 1.807) is 0 Å². The molecular weight excluding hydrogens is 124 g/mol. The van der Waals surface area contributed by atoms with Gasteiger partial charge in [-0.15, -0.1) is 0 Å². The van der Waals surface area contributed by atoms with E-state index >= 15 is 0 Å². The highest BCUT2D eigenvalue weighted by Gasteiger charge is 2.40. The highest BCUT2D eigenvalue weighted by Crippen LogP contribution is 2.28. The van der Waals surface area contributed by atoms with Gasteiger partial charge in [-0.2, -0.15) is 0 Å². The molecule has 0 spiro atoms. The molecule has 0 aliphatic carbocycles. The van der Waals surface area contributed by atoms with Gasteiger partial charge in [-0.05, 0) is 20.8 Å². The lowest BCUT2D eigenvalue weighted by Gasteiger charge is -2.28. The van der Waals surface area contributed by atoms with Crippen molar-refractivity contribution in [2.24, 2.45) is 5.73 Å². The molecule has 0 amide bonds. The third-order valence-corrected chi connectivity index (χ3v) is 1.62. The van der Waals surface area contributed by atoms with E-state index in [1.165, 1.54) is 13.8 Å². The van der Waals surface area contributed by atoms with Crippen molar-refractivity contribution in [1.82, 2.24) is 0 Å². The maximum atomic E-state index is 12.8.